The predicted octanol–water partition coefficient (Wildman–Crippen LogP) is 1.78. The van der Waals surface area contributed by atoms with Crippen LogP contribution in [-0.4, -0.2) is 43.5 Å². The number of rotatable bonds is 4. The molecule has 6 heteroatoms. The highest BCUT2D eigenvalue weighted by Crippen LogP contribution is 2.31. The Bertz CT molecular complexity index is 672. The maximum atomic E-state index is 12.9. The zero-order valence-corrected chi connectivity index (χ0v) is 13.7. The van der Waals surface area contributed by atoms with Crippen molar-refractivity contribution in [2.45, 2.75) is 38.6 Å². The molecule has 22 heavy (non-hydrogen) atoms. The van der Waals surface area contributed by atoms with Gasteiger partial charge in [0.05, 0.1) is 5.75 Å². The molecule has 0 radical (unpaired) electrons. The number of nitrogens with zero attached hydrogens (tertiary/aromatic N) is 2. The van der Waals surface area contributed by atoms with Crippen LogP contribution < -0.4 is 4.90 Å². The molecule has 1 unspecified atom stereocenters. The van der Waals surface area contributed by atoms with Gasteiger partial charge in [0.25, 0.3) is 0 Å². The molecule has 0 bridgehead atoms. The van der Waals surface area contributed by atoms with E-state index in [4.69, 9.17) is 0 Å². The molecule has 0 aromatic heterocycles. The van der Waals surface area contributed by atoms with Crippen molar-refractivity contribution in [3.05, 3.63) is 29.8 Å². The maximum absolute atomic E-state index is 12.9. The predicted molar refractivity (Wildman–Crippen MR) is 86.3 cm³/mol. The van der Waals surface area contributed by atoms with Crippen molar-refractivity contribution in [3.8, 4) is 0 Å². The van der Waals surface area contributed by atoms with Crippen LogP contribution in [-0.2, 0) is 21.2 Å². The average molecular weight is 322 g/mol. The van der Waals surface area contributed by atoms with E-state index < -0.39 is 16.1 Å². The highest BCUT2D eigenvalue weighted by atomic mass is 32.2. The van der Waals surface area contributed by atoms with Gasteiger partial charge < -0.3 is 4.90 Å². The van der Waals surface area contributed by atoms with Crippen LogP contribution in [0.3, 0.4) is 0 Å². The molecule has 2 aliphatic heterocycles. The summed E-state index contributed by atoms with van der Waals surface area (Å²) in [5.74, 6) is 0.0509. The molecule has 1 aromatic carbocycles. The van der Waals surface area contributed by atoms with Gasteiger partial charge in [-0.1, -0.05) is 25.1 Å². The Morgan fingerprint density at radius 2 is 2.05 bits per heavy atom. The minimum Gasteiger partial charge on any atom is -0.310 e. The molecule has 1 fully saturated rings. The van der Waals surface area contributed by atoms with Gasteiger partial charge in [-0.05, 0) is 37.3 Å². The number of hydrogen-bond acceptors (Lipinski definition) is 3. The van der Waals surface area contributed by atoms with Gasteiger partial charge in [-0.2, -0.15) is 4.31 Å². The summed E-state index contributed by atoms with van der Waals surface area (Å²) in [6.45, 7) is 2.96. The van der Waals surface area contributed by atoms with Crippen LogP contribution in [0, 0.1) is 0 Å². The molecule has 0 spiro atoms. The van der Waals surface area contributed by atoms with E-state index in [2.05, 4.69) is 0 Å². The van der Waals surface area contributed by atoms with Gasteiger partial charge in [0.2, 0.25) is 15.9 Å². The van der Waals surface area contributed by atoms with Crippen molar-refractivity contribution < 1.29 is 13.2 Å². The van der Waals surface area contributed by atoms with Crippen molar-refractivity contribution >= 4 is 21.6 Å². The molecule has 1 aromatic rings. The lowest BCUT2D eigenvalue weighted by Crippen LogP contribution is -2.48. The minimum absolute atomic E-state index is 0.0675. The Labute approximate surface area is 132 Å². The molecular formula is C16H22N2O3S. The van der Waals surface area contributed by atoms with Gasteiger partial charge in [-0.25, -0.2) is 8.42 Å². The standard InChI is InChI=1S/C16H22N2O3S/c1-2-12-22(20,21)18-10-5-8-15(18)16(19)17-11-9-13-6-3-4-7-14(13)17/h3-4,6-7,15H,2,5,8-12H2,1H3. The summed E-state index contributed by atoms with van der Waals surface area (Å²) in [4.78, 5) is 14.7. The van der Waals surface area contributed by atoms with Crippen molar-refractivity contribution in [2.75, 3.05) is 23.7 Å². The third-order valence-corrected chi connectivity index (χ3v) is 6.54. The van der Waals surface area contributed by atoms with Gasteiger partial charge >= 0.3 is 0 Å². The van der Waals surface area contributed by atoms with Crippen LogP contribution in [0.2, 0.25) is 0 Å². The largest absolute Gasteiger partial charge is 0.310 e. The molecule has 1 amide bonds. The number of carbonyl (C=O) groups is 1. The fourth-order valence-electron chi connectivity index (χ4n) is 3.44. The van der Waals surface area contributed by atoms with Gasteiger partial charge in [-0.3, -0.25) is 4.79 Å². The zero-order valence-electron chi connectivity index (χ0n) is 12.9. The van der Waals surface area contributed by atoms with E-state index >= 15 is 0 Å². The lowest BCUT2D eigenvalue weighted by atomic mass is 10.1. The summed E-state index contributed by atoms with van der Waals surface area (Å²) in [5, 5.41) is 0. The number of anilines is 1. The first kappa shape index (κ1) is 15.5. The minimum atomic E-state index is -3.33. The Balaban J connectivity index is 1.83. The molecule has 0 N–H and O–H groups in total. The monoisotopic (exact) mass is 322 g/mol. The summed E-state index contributed by atoms with van der Waals surface area (Å²) in [5.41, 5.74) is 2.10. The highest BCUT2D eigenvalue weighted by molar-refractivity contribution is 7.89. The van der Waals surface area contributed by atoms with Crippen LogP contribution >= 0.6 is 0 Å². The number of fused-ring (bicyclic) bond motifs is 1. The Morgan fingerprint density at radius 3 is 2.82 bits per heavy atom. The van der Waals surface area contributed by atoms with Crippen LogP contribution in [0.15, 0.2) is 24.3 Å². The van der Waals surface area contributed by atoms with E-state index in [1.807, 2.05) is 31.2 Å². The molecule has 2 heterocycles. The topological polar surface area (TPSA) is 57.7 Å². The van der Waals surface area contributed by atoms with Crippen molar-refractivity contribution in [1.82, 2.24) is 4.31 Å². The number of hydrogen-bond donors (Lipinski definition) is 0. The summed E-state index contributed by atoms with van der Waals surface area (Å²) in [6, 6.07) is 7.34. The number of amides is 1. The second-order valence-electron chi connectivity index (χ2n) is 5.95. The summed E-state index contributed by atoms with van der Waals surface area (Å²) >= 11 is 0. The van der Waals surface area contributed by atoms with Crippen LogP contribution in [0.25, 0.3) is 0 Å². The maximum Gasteiger partial charge on any atom is 0.245 e. The Hall–Kier alpha value is -1.40. The third kappa shape index (κ3) is 2.65. The second kappa shape index (κ2) is 6.01. The first-order valence-electron chi connectivity index (χ1n) is 7.93. The Morgan fingerprint density at radius 1 is 1.27 bits per heavy atom. The van der Waals surface area contributed by atoms with E-state index in [1.165, 1.54) is 4.31 Å². The zero-order chi connectivity index (χ0) is 15.7. The molecular weight excluding hydrogens is 300 g/mol. The molecule has 5 nitrogen and oxygen atoms in total. The molecule has 1 saturated heterocycles. The third-order valence-electron chi connectivity index (χ3n) is 4.46. The van der Waals surface area contributed by atoms with Gasteiger partial charge in [0.15, 0.2) is 0 Å². The van der Waals surface area contributed by atoms with E-state index in [-0.39, 0.29) is 11.7 Å². The molecule has 2 aliphatic rings. The summed E-state index contributed by atoms with van der Waals surface area (Å²) in [7, 11) is -3.33. The average Bonchev–Trinajstić information content (AvgIpc) is 3.14. The van der Waals surface area contributed by atoms with E-state index in [9.17, 15) is 13.2 Å². The fourth-order valence-corrected chi connectivity index (χ4v) is 5.18. The number of sulfonamides is 1. The van der Waals surface area contributed by atoms with E-state index in [0.29, 0.717) is 25.9 Å². The van der Waals surface area contributed by atoms with Gasteiger partial charge in [0.1, 0.15) is 6.04 Å². The SMILES string of the molecule is CCCS(=O)(=O)N1CCCC1C(=O)N1CCc2ccccc21. The van der Waals surface area contributed by atoms with Crippen molar-refractivity contribution in [1.29, 1.82) is 0 Å². The molecule has 1 atom stereocenters. The molecule has 120 valence electrons. The van der Waals surface area contributed by atoms with Crippen molar-refractivity contribution in [3.63, 3.8) is 0 Å². The number of para-hydroxylation sites is 1. The van der Waals surface area contributed by atoms with Crippen molar-refractivity contribution in [2.24, 2.45) is 0 Å². The van der Waals surface area contributed by atoms with E-state index in [1.54, 1.807) is 4.90 Å². The lowest BCUT2D eigenvalue weighted by molar-refractivity contribution is -0.121. The number of benzene rings is 1. The first-order chi connectivity index (χ1) is 10.5. The van der Waals surface area contributed by atoms with Crippen LogP contribution in [0.1, 0.15) is 31.7 Å². The summed E-state index contributed by atoms with van der Waals surface area (Å²) in [6.07, 6.45) is 2.80. The smallest absolute Gasteiger partial charge is 0.245 e. The Kier molecular flexibility index (Phi) is 4.23. The van der Waals surface area contributed by atoms with Gasteiger partial charge in [-0.15, -0.1) is 0 Å². The van der Waals surface area contributed by atoms with E-state index in [0.717, 1.165) is 24.1 Å². The normalized spacial score (nSPS) is 22.0. The number of carbonyl (C=O) groups excluding carboxylic acids is 1. The lowest BCUT2D eigenvalue weighted by Gasteiger charge is -2.27. The highest BCUT2D eigenvalue weighted by Gasteiger charge is 2.41. The fraction of sp³-hybridized carbons (Fsp3) is 0.562. The van der Waals surface area contributed by atoms with Crippen LogP contribution in [0.5, 0.6) is 0 Å². The first-order valence-corrected chi connectivity index (χ1v) is 9.54. The van der Waals surface area contributed by atoms with Gasteiger partial charge in [0, 0.05) is 18.8 Å². The molecule has 3 rings (SSSR count). The molecule has 0 saturated carbocycles. The quantitative estimate of drug-likeness (QED) is 0.849. The van der Waals surface area contributed by atoms with Crippen LogP contribution in [0.4, 0.5) is 5.69 Å². The molecule has 0 aliphatic carbocycles. The second-order valence-corrected chi connectivity index (χ2v) is 7.99. The summed E-state index contributed by atoms with van der Waals surface area (Å²) < 4.78 is 26.2.